The highest BCUT2D eigenvalue weighted by atomic mass is 16.5. The molecule has 0 heterocycles. The lowest BCUT2D eigenvalue weighted by atomic mass is 9.92. The van der Waals surface area contributed by atoms with E-state index >= 15 is 0 Å². The molecule has 0 aliphatic heterocycles. The fraction of sp³-hybridized carbons (Fsp3) is 0.500. The summed E-state index contributed by atoms with van der Waals surface area (Å²) < 4.78 is 5.12. The molecule has 0 saturated carbocycles. The Kier molecular flexibility index (Phi) is 6.72. The van der Waals surface area contributed by atoms with Crippen molar-refractivity contribution in [3.05, 3.63) is 29.8 Å². The lowest BCUT2D eigenvalue weighted by Gasteiger charge is -2.17. The zero-order valence-corrected chi connectivity index (χ0v) is 12.8. The highest BCUT2D eigenvalue weighted by Gasteiger charge is 2.17. The van der Waals surface area contributed by atoms with Crippen molar-refractivity contribution in [2.45, 2.75) is 45.1 Å². The number of hydrogen-bond acceptors (Lipinski definition) is 3. The quantitative estimate of drug-likeness (QED) is 0.772. The van der Waals surface area contributed by atoms with Gasteiger partial charge in [-0.25, -0.2) is 0 Å². The SMILES string of the molecule is CCC(CC(=O)NC(C)CC(=O)O)c1ccc(OC)cc1. The van der Waals surface area contributed by atoms with Gasteiger partial charge in [-0.15, -0.1) is 0 Å². The first-order valence-corrected chi connectivity index (χ1v) is 7.11. The van der Waals surface area contributed by atoms with Crippen LogP contribution in [0.25, 0.3) is 0 Å². The molecule has 0 aliphatic rings. The van der Waals surface area contributed by atoms with Gasteiger partial charge in [-0.3, -0.25) is 9.59 Å². The van der Waals surface area contributed by atoms with E-state index in [2.05, 4.69) is 5.32 Å². The van der Waals surface area contributed by atoms with Gasteiger partial charge in [0.05, 0.1) is 13.5 Å². The third-order valence-corrected chi connectivity index (χ3v) is 3.40. The van der Waals surface area contributed by atoms with Crippen molar-refractivity contribution in [2.75, 3.05) is 7.11 Å². The number of rotatable bonds is 8. The van der Waals surface area contributed by atoms with Gasteiger partial charge in [0.1, 0.15) is 5.75 Å². The second-order valence-corrected chi connectivity index (χ2v) is 5.15. The highest BCUT2D eigenvalue weighted by molar-refractivity contribution is 5.78. The van der Waals surface area contributed by atoms with Crippen molar-refractivity contribution in [2.24, 2.45) is 0 Å². The van der Waals surface area contributed by atoms with E-state index in [1.807, 2.05) is 31.2 Å². The molecule has 2 atom stereocenters. The Labute approximate surface area is 125 Å². The zero-order chi connectivity index (χ0) is 15.8. The molecule has 0 spiro atoms. The maximum atomic E-state index is 12.0. The molecule has 1 aromatic carbocycles. The molecular weight excluding hydrogens is 270 g/mol. The van der Waals surface area contributed by atoms with Crippen LogP contribution in [0.4, 0.5) is 0 Å². The van der Waals surface area contributed by atoms with Crippen LogP contribution >= 0.6 is 0 Å². The van der Waals surface area contributed by atoms with Crippen LogP contribution < -0.4 is 10.1 Å². The summed E-state index contributed by atoms with van der Waals surface area (Å²) in [5, 5.41) is 11.4. The predicted octanol–water partition coefficient (Wildman–Crippen LogP) is 2.56. The van der Waals surface area contributed by atoms with Gasteiger partial charge in [-0.05, 0) is 37.0 Å². The Morgan fingerprint density at radius 3 is 2.33 bits per heavy atom. The number of ether oxygens (including phenoxy) is 1. The standard InChI is InChI=1S/C16H23NO4/c1-4-12(13-5-7-14(21-3)8-6-13)10-15(18)17-11(2)9-16(19)20/h5-8,11-12H,4,9-10H2,1-3H3,(H,17,18)(H,19,20). The lowest BCUT2D eigenvalue weighted by Crippen LogP contribution is -2.34. The van der Waals surface area contributed by atoms with Crippen molar-refractivity contribution in [3.63, 3.8) is 0 Å². The van der Waals surface area contributed by atoms with Crippen LogP contribution in [0.3, 0.4) is 0 Å². The van der Waals surface area contributed by atoms with Gasteiger partial charge < -0.3 is 15.2 Å². The van der Waals surface area contributed by atoms with Crippen LogP contribution in [-0.2, 0) is 9.59 Å². The second-order valence-electron chi connectivity index (χ2n) is 5.15. The Hall–Kier alpha value is -2.04. The van der Waals surface area contributed by atoms with Gasteiger partial charge in [0.2, 0.25) is 5.91 Å². The molecule has 0 bridgehead atoms. The molecule has 0 aliphatic carbocycles. The molecule has 5 nitrogen and oxygen atoms in total. The number of hydrogen-bond donors (Lipinski definition) is 2. The fourth-order valence-corrected chi connectivity index (χ4v) is 2.24. The minimum Gasteiger partial charge on any atom is -0.497 e. The molecule has 0 radical (unpaired) electrons. The molecule has 116 valence electrons. The maximum Gasteiger partial charge on any atom is 0.305 e. The molecule has 0 fully saturated rings. The second kappa shape index (κ2) is 8.29. The molecule has 1 amide bonds. The smallest absolute Gasteiger partial charge is 0.305 e. The minimum atomic E-state index is -0.912. The largest absolute Gasteiger partial charge is 0.497 e. The first kappa shape index (κ1) is 17.0. The summed E-state index contributed by atoms with van der Waals surface area (Å²) >= 11 is 0. The molecule has 0 saturated heterocycles. The number of aliphatic carboxylic acids is 1. The molecule has 1 rings (SSSR count). The minimum absolute atomic E-state index is 0.0644. The van der Waals surface area contributed by atoms with Crippen LogP contribution in [-0.4, -0.2) is 30.1 Å². The Morgan fingerprint density at radius 1 is 1.24 bits per heavy atom. The predicted molar refractivity (Wildman–Crippen MR) is 80.5 cm³/mol. The van der Waals surface area contributed by atoms with E-state index in [9.17, 15) is 9.59 Å². The van der Waals surface area contributed by atoms with Gasteiger partial charge in [0.25, 0.3) is 0 Å². The number of methoxy groups -OCH3 is 1. The normalized spacial score (nSPS) is 13.3. The summed E-state index contributed by atoms with van der Waals surface area (Å²) in [6, 6.07) is 7.32. The first-order valence-electron chi connectivity index (χ1n) is 7.11. The molecule has 5 heteroatoms. The molecule has 21 heavy (non-hydrogen) atoms. The van der Waals surface area contributed by atoms with Crippen molar-refractivity contribution in [1.29, 1.82) is 0 Å². The Bertz CT molecular complexity index is 470. The van der Waals surface area contributed by atoms with Crippen LogP contribution in [0.15, 0.2) is 24.3 Å². The van der Waals surface area contributed by atoms with E-state index in [-0.39, 0.29) is 24.3 Å². The summed E-state index contributed by atoms with van der Waals surface area (Å²) in [5.41, 5.74) is 1.08. The van der Waals surface area contributed by atoms with E-state index < -0.39 is 5.97 Å². The van der Waals surface area contributed by atoms with Gasteiger partial charge >= 0.3 is 5.97 Å². The summed E-state index contributed by atoms with van der Waals surface area (Å²) in [4.78, 5) is 22.6. The zero-order valence-electron chi connectivity index (χ0n) is 12.8. The van der Waals surface area contributed by atoms with Crippen molar-refractivity contribution < 1.29 is 19.4 Å². The maximum absolute atomic E-state index is 12.0. The number of carboxylic acids is 1. The molecular formula is C16H23NO4. The van der Waals surface area contributed by atoms with E-state index in [1.165, 1.54) is 0 Å². The highest BCUT2D eigenvalue weighted by Crippen LogP contribution is 2.25. The van der Waals surface area contributed by atoms with E-state index in [4.69, 9.17) is 9.84 Å². The van der Waals surface area contributed by atoms with Gasteiger partial charge in [-0.2, -0.15) is 0 Å². The molecule has 1 aromatic rings. The van der Waals surface area contributed by atoms with E-state index in [1.54, 1.807) is 14.0 Å². The monoisotopic (exact) mass is 293 g/mol. The Balaban J connectivity index is 2.60. The summed E-state index contributed by atoms with van der Waals surface area (Å²) in [6.45, 7) is 3.73. The van der Waals surface area contributed by atoms with Gasteiger partial charge in [-0.1, -0.05) is 19.1 Å². The average molecular weight is 293 g/mol. The fourth-order valence-electron chi connectivity index (χ4n) is 2.24. The Morgan fingerprint density at radius 2 is 1.86 bits per heavy atom. The number of carbonyl (C=O) groups is 2. The van der Waals surface area contributed by atoms with Crippen LogP contribution in [0.1, 0.15) is 44.6 Å². The topological polar surface area (TPSA) is 75.6 Å². The van der Waals surface area contributed by atoms with E-state index in [0.29, 0.717) is 6.42 Å². The molecule has 0 aromatic heterocycles. The molecule has 2 N–H and O–H groups in total. The summed E-state index contributed by atoms with van der Waals surface area (Å²) in [6.07, 6.45) is 1.13. The first-order chi connectivity index (χ1) is 9.96. The van der Waals surface area contributed by atoms with E-state index in [0.717, 1.165) is 17.7 Å². The van der Waals surface area contributed by atoms with Crippen molar-refractivity contribution in [1.82, 2.24) is 5.32 Å². The molecule has 2 unspecified atom stereocenters. The van der Waals surface area contributed by atoms with Gasteiger partial charge in [0.15, 0.2) is 0 Å². The third kappa shape index (κ3) is 5.85. The number of nitrogens with one attached hydrogen (secondary N) is 1. The lowest BCUT2D eigenvalue weighted by molar-refractivity contribution is -0.137. The van der Waals surface area contributed by atoms with Gasteiger partial charge in [0, 0.05) is 12.5 Å². The number of carboxylic acid groups (broad SMARTS) is 1. The summed E-state index contributed by atoms with van der Waals surface area (Å²) in [7, 11) is 1.61. The summed E-state index contributed by atoms with van der Waals surface area (Å²) in [5.74, 6) is -0.127. The number of benzene rings is 1. The number of amides is 1. The average Bonchev–Trinajstić information content (AvgIpc) is 2.44. The van der Waals surface area contributed by atoms with Crippen molar-refractivity contribution >= 4 is 11.9 Å². The third-order valence-electron chi connectivity index (χ3n) is 3.40. The number of carbonyl (C=O) groups excluding carboxylic acids is 1. The van der Waals surface area contributed by atoms with Crippen LogP contribution in [0.5, 0.6) is 5.75 Å². The van der Waals surface area contributed by atoms with Crippen LogP contribution in [0, 0.1) is 0 Å². The van der Waals surface area contributed by atoms with Crippen molar-refractivity contribution in [3.8, 4) is 5.75 Å². The van der Waals surface area contributed by atoms with Crippen LogP contribution in [0.2, 0.25) is 0 Å².